The van der Waals surface area contributed by atoms with Crippen molar-refractivity contribution in [2.24, 2.45) is 0 Å². The molecule has 10 aromatic rings. The van der Waals surface area contributed by atoms with Crippen LogP contribution >= 0.6 is 34.8 Å². The van der Waals surface area contributed by atoms with Gasteiger partial charge in [-0.25, -0.2) is 32.8 Å². The first-order chi connectivity index (χ1) is 68.4. The number of methoxy groups -OCH3 is 3. The number of benzene rings is 7. The number of urea groups is 5. The Bertz CT molecular complexity index is 7330. The molecular weight excluding hydrogens is 1910 g/mol. The van der Waals surface area contributed by atoms with Crippen LogP contribution in [0.15, 0.2) is 195 Å². The second-order valence-corrected chi connectivity index (χ2v) is 35.0. The fraction of sp³-hybridized carbons (Fsp3) is 0.196. The first kappa shape index (κ1) is 98.0. The zero-order valence-electron chi connectivity index (χ0n) is 75.9. The maximum Gasteiger partial charge on any atom is 0.323 e. The average molecular weight is 1990 g/mol. The Morgan fingerprint density at radius 3 is 0.972 bits per heavy atom. The molecule has 143 heavy (non-hydrogen) atoms. The molecule has 0 saturated carbocycles. The second-order valence-electron chi connectivity index (χ2n) is 33.7. The first-order valence-electron chi connectivity index (χ1n) is 43.3. The summed E-state index contributed by atoms with van der Waals surface area (Å²) in [5.41, 5.74) is 2.60. The molecule has 0 aliphatic carbocycles. The lowest BCUT2D eigenvalue weighted by Gasteiger charge is -2.26. The van der Waals surface area contributed by atoms with Gasteiger partial charge >= 0.3 is 30.2 Å². The molecule has 5 atom stereocenters. The van der Waals surface area contributed by atoms with Gasteiger partial charge in [0, 0.05) is 136 Å². The van der Waals surface area contributed by atoms with Gasteiger partial charge in [0.25, 0.3) is 59.1 Å². The number of imide groups is 5. The van der Waals surface area contributed by atoms with Gasteiger partial charge in [-0.2, -0.15) is 0 Å². The van der Waals surface area contributed by atoms with Crippen molar-refractivity contribution in [3.8, 4) is 76.5 Å². The molecule has 0 spiro atoms. The Hall–Kier alpha value is -18.0. The van der Waals surface area contributed by atoms with Crippen molar-refractivity contribution in [3.05, 3.63) is 316 Å². The van der Waals surface area contributed by atoms with Gasteiger partial charge in [0.1, 0.15) is 28.9 Å². The first-order valence-corrected chi connectivity index (χ1v) is 44.4. The van der Waals surface area contributed by atoms with E-state index in [4.69, 9.17) is 49.0 Å². The van der Waals surface area contributed by atoms with E-state index in [0.717, 1.165) is 33.4 Å². The van der Waals surface area contributed by atoms with Crippen molar-refractivity contribution in [1.29, 1.82) is 0 Å². The average Bonchev–Trinajstić information content (AvgIpc) is 1.63. The van der Waals surface area contributed by atoms with Crippen LogP contribution in [0.3, 0.4) is 0 Å². The number of aromatic nitrogens is 3. The number of amides is 20. The van der Waals surface area contributed by atoms with Crippen LogP contribution in [-0.2, 0) is 56.7 Å². The van der Waals surface area contributed by atoms with E-state index >= 15 is 0 Å². The van der Waals surface area contributed by atoms with Crippen molar-refractivity contribution < 1.29 is 94.9 Å². The van der Waals surface area contributed by atoms with Crippen molar-refractivity contribution in [2.75, 3.05) is 54.1 Å². The summed E-state index contributed by atoms with van der Waals surface area (Å²) in [5.74, 6) is 24.5. The van der Waals surface area contributed by atoms with E-state index in [0.29, 0.717) is 113 Å². The quantitative estimate of drug-likeness (QED) is 0.0396. The van der Waals surface area contributed by atoms with Gasteiger partial charge < -0.3 is 65.3 Å². The van der Waals surface area contributed by atoms with Gasteiger partial charge in [-0.05, 0) is 174 Å². The van der Waals surface area contributed by atoms with Crippen LogP contribution < -0.4 is 67.4 Å². The summed E-state index contributed by atoms with van der Waals surface area (Å²) in [5, 5.41) is 25.0. The van der Waals surface area contributed by atoms with E-state index in [2.05, 4.69) is 127 Å². The molecule has 20 rings (SSSR count). The number of ether oxygens (including phenoxy) is 3. The molecule has 10 N–H and O–H groups in total. The maximum absolute atomic E-state index is 13.4. The number of rotatable bonds is 13. The Balaban J connectivity index is 0.000000128. The van der Waals surface area contributed by atoms with Crippen molar-refractivity contribution in [1.82, 2.24) is 92.6 Å². The number of pyridine rings is 3. The number of nitrogens with one attached hydrogen (secondary N) is 10. The molecule has 5 saturated heterocycles. The molecule has 3 aromatic heterocycles. The van der Waals surface area contributed by atoms with Crippen LogP contribution in [-0.4, -0.2) is 210 Å². The second kappa shape index (κ2) is 40.6. The van der Waals surface area contributed by atoms with Crippen LogP contribution in [0.1, 0.15) is 119 Å². The third-order valence-corrected chi connectivity index (χ3v) is 24.4. The van der Waals surface area contributed by atoms with Crippen LogP contribution in [0, 0.1) is 84.7 Å². The van der Waals surface area contributed by atoms with Crippen LogP contribution in [0.5, 0.6) is 17.2 Å². The zero-order chi connectivity index (χ0) is 102. The number of nitrogens with zero attached hydrogens (tertiary/aromatic N) is 8. The number of carbonyl (C=O) groups excluding carboxylic acids is 15. The predicted octanol–water partition coefficient (Wildman–Crippen LogP) is 7.43. The molecule has 13 heterocycles. The summed E-state index contributed by atoms with van der Waals surface area (Å²) in [6, 6.07) is 38.9. The molecular formula is C102H77Cl3F2N18O18. The third kappa shape index (κ3) is 21.3. The molecule has 0 bridgehead atoms. The third-order valence-electron chi connectivity index (χ3n) is 23.7. The Morgan fingerprint density at radius 1 is 0.322 bits per heavy atom. The number of aryl methyl sites for hydroxylation is 2. The van der Waals surface area contributed by atoms with E-state index < -0.39 is 99.0 Å². The number of hydrogen-bond acceptors (Lipinski definition) is 21. The van der Waals surface area contributed by atoms with Gasteiger partial charge in [0.2, 0.25) is 27.7 Å². The van der Waals surface area contributed by atoms with Gasteiger partial charge in [-0.3, -0.25) is 89.5 Å². The standard InChI is InChI=1S/C22H18FN3O4.C21H18N4O4.C20H13ClFN3O3.C20H15ClN4O4.C19H13ClN4O3/c1-13-9-16(23)5-3-14(13)7-8-22(20(28)24-21(29)25-22)12-26-11-15-4-6-17(30-2)10-18(15)19(26)27;1-13-7-14(10-22-9-13)5-6-21(19(27)23-20(28)24-21)12-25-11-15-3-4-16(29-2)8-17(15)18(25)26;21-14-5-4-13-10-25(17(26)16(13)9-14)11-20(18(27)23-19(28)24-20)7-6-12-2-1-3-15(22)8-12;1-29-15-3-2-13-10-25(17(26)16(13)7-15)11-20(18(27)23-19(28)24-20)5-4-12-6-14(21)9-22-8-12;20-14-4-3-13-10-24(16(25)15(13)8-14)11-19(17(26)22-18(27)23-19)6-5-12-2-1-7-21-9-12/h3-6,9-10H,11-12H2,1-2H3,(H2,24,25,28,29);3-4,7-10H,11-12H2,1-2H3,(H2,23,24,27,28);1-5,8-9H,10-11H2,(H2,23,24,27,28);2-3,6-9H,10-11H2,1H3,(H2,23,24,27,28);1-4,7-9H,10-11H2,(H2,22,23,26,27)/t22-;21-;2*20-;19-/m11111/s1. The van der Waals surface area contributed by atoms with Crippen LogP contribution in [0.2, 0.25) is 15.1 Å². The molecule has 718 valence electrons. The highest BCUT2D eigenvalue weighted by atomic mass is 35.5. The smallest absolute Gasteiger partial charge is 0.323 e. The van der Waals surface area contributed by atoms with E-state index in [1.54, 1.807) is 141 Å². The summed E-state index contributed by atoms with van der Waals surface area (Å²) < 4.78 is 42.3. The van der Waals surface area contributed by atoms with Crippen molar-refractivity contribution >= 4 is 124 Å². The Morgan fingerprint density at radius 2 is 0.643 bits per heavy atom. The van der Waals surface area contributed by atoms with E-state index in [-0.39, 0.29) is 75.3 Å². The molecule has 10 aliphatic heterocycles. The molecule has 36 nitrogen and oxygen atoms in total. The van der Waals surface area contributed by atoms with Gasteiger partial charge in [-0.1, -0.05) is 130 Å². The molecule has 20 amide bonds. The minimum Gasteiger partial charge on any atom is -0.497 e. The number of halogens is 5. The Kier molecular flexibility index (Phi) is 27.8. The van der Waals surface area contributed by atoms with Crippen LogP contribution in [0.4, 0.5) is 32.8 Å². The number of carbonyl (C=O) groups is 15. The number of fused-ring (bicyclic) bond motifs is 5. The monoisotopic (exact) mass is 1980 g/mol. The van der Waals surface area contributed by atoms with E-state index in [1.165, 1.54) is 94.6 Å². The maximum atomic E-state index is 13.4. The molecule has 5 fully saturated rings. The molecule has 10 aliphatic rings. The summed E-state index contributed by atoms with van der Waals surface area (Å²) in [6.45, 7) is 4.49. The highest BCUT2D eigenvalue weighted by Gasteiger charge is 2.54. The lowest BCUT2D eigenvalue weighted by Crippen LogP contribution is -2.54. The normalized spacial score (nSPS) is 20.1. The highest BCUT2D eigenvalue weighted by Crippen LogP contribution is 2.36. The molecule has 7 aromatic carbocycles. The van der Waals surface area contributed by atoms with E-state index in [1.807, 2.05) is 19.1 Å². The van der Waals surface area contributed by atoms with E-state index in [9.17, 15) is 80.7 Å². The summed E-state index contributed by atoms with van der Waals surface area (Å²) >= 11 is 17.9. The van der Waals surface area contributed by atoms with Crippen molar-refractivity contribution in [3.63, 3.8) is 0 Å². The lowest BCUT2D eigenvalue weighted by atomic mass is 9.98. The molecule has 0 radical (unpaired) electrons. The van der Waals surface area contributed by atoms with Gasteiger partial charge in [0.05, 0.1) is 59.1 Å². The number of hydrogen-bond donors (Lipinski definition) is 10. The summed E-state index contributed by atoms with van der Waals surface area (Å²) in [7, 11) is 4.56. The summed E-state index contributed by atoms with van der Waals surface area (Å²) in [4.78, 5) is 205. The van der Waals surface area contributed by atoms with Crippen LogP contribution in [0.25, 0.3) is 0 Å². The highest BCUT2D eigenvalue weighted by molar-refractivity contribution is 6.32. The fourth-order valence-corrected chi connectivity index (χ4v) is 17.1. The minimum atomic E-state index is -1.63. The predicted molar refractivity (Wildman–Crippen MR) is 507 cm³/mol. The molecule has 41 heteroatoms. The zero-order valence-corrected chi connectivity index (χ0v) is 78.1. The molecule has 0 unspecified atom stereocenters. The SMILES string of the molecule is COc1ccc2c(c1)C(=O)N(C[C@@]1(C#Cc3ccc(F)cc3C)NC(=O)NC1=O)C2.COc1ccc2c(c1)C(=O)N(C[C@@]1(C#Cc3cncc(C)c3)NC(=O)NC1=O)C2.COc1ccc2c(c1)C(=O)N(C[C@@]1(C#Cc3cncc(Cl)c3)NC(=O)NC1=O)C2.O=C1NC(=O)[C@@](C#Cc2cccc(F)c2)(CN2Cc3ccc(Cl)cc3C2=O)N1.O=C1NC(=O)[C@@](C#Cc2cccnc2)(CN2Cc3ccc(Cl)cc3C2=O)N1. The largest absolute Gasteiger partial charge is 0.497 e. The van der Waals surface area contributed by atoms with Gasteiger partial charge in [-0.15, -0.1) is 0 Å². The summed E-state index contributed by atoms with van der Waals surface area (Å²) in [6.07, 6.45) is 9.38. The minimum absolute atomic E-state index is 0.0767. The lowest BCUT2D eigenvalue weighted by molar-refractivity contribution is -0.123. The Labute approximate surface area is 827 Å². The van der Waals surface area contributed by atoms with Crippen molar-refractivity contribution in [2.45, 2.75) is 74.3 Å². The topological polar surface area (TPSA) is 459 Å². The van der Waals surface area contributed by atoms with Gasteiger partial charge in [0.15, 0.2) is 0 Å². The fourth-order valence-electron chi connectivity index (χ4n) is 16.6.